The summed E-state index contributed by atoms with van der Waals surface area (Å²) in [5.41, 5.74) is 13.9. The molecule has 0 atom stereocenters. The first-order valence-electron chi connectivity index (χ1n) is 5.57. The summed E-state index contributed by atoms with van der Waals surface area (Å²) < 4.78 is 0. The Hall–Kier alpha value is -2.41. The highest BCUT2D eigenvalue weighted by atomic mass is 32.1. The highest BCUT2D eigenvalue weighted by Crippen LogP contribution is 2.21. The summed E-state index contributed by atoms with van der Waals surface area (Å²) >= 11 is 5.18. The molecule has 2 rings (SSSR count). The van der Waals surface area contributed by atoms with Crippen molar-refractivity contribution >= 4 is 40.3 Å². The van der Waals surface area contributed by atoms with Crippen LogP contribution in [0.4, 0.5) is 23.0 Å². The van der Waals surface area contributed by atoms with Crippen LogP contribution < -0.4 is 22.1 Å². The fraction of sp³-hybridized carbons (Fsp3) is 0.0833. The van der Waals surface area contributed by atoms with Gasteiger partial charge in [-0.25, -0.2) is 9.97 Å². The molecule has 0 saturated heterocycles. The number of nitrogen functional groups attached to an aromatic ring is 2. The maximum absolute atomic E-state index is 5.70. The molecule has 0 radical (unpaired) electrons. The van der Waals surface area contributed by atoms with Crippen LogP contribution in [0.5, 0.6) is 0 Å². The summed E-state index contributed by atoms with van der Waals surface area (Å²) in [4.78, 5) is 7.70. The Kier molecular flexibility index (Phi) is 3.76. The third-order valence-corrected chi connectivity index (χ3v) is 2.66. The number of nitrogens with two attached hydrogens (primary N) is 2. The van der Waals surface area contributed by atoms with Gasteiger partial charge in [0.05, 0.1) is 0 Å². The van der Waals surface area contributed by atoms with E-state index in [1.54, 1.807) is 0 Å². The van der Waals surface area contributed by atoms with Crippen LogP contribution in [-0.4, -0.2) is 15.1 Å². The number of thiocarbonyl (C=S) groups is 1. The lowest BCUT2D eigenvalue weighted by Crippen LogP contribution is -2.21. The van der Waals surface area contributed by atoms with E-state index in [0.29, 0.717) is 10.8 Å². The van der Waals surface area contributed by atoms with Crippen LogP contribution in [0.15, 0.2) is 30.6 Å². The van der Waals surface area contributed by atoms with E-state index >= 15 is 0 Å². The molecule has 6 nitrogen and oxygen atoms in total. The first kappa shape index (κ1) is 13.0. The fourth-order valence-electron chi connectivity index (χ4n) is 1.45. The second kappa shape index (κ2) is 5.49. The second-order valence-corrected chi connectivity index (χ2v) is 4.37. The summed E-state index contributed by atoms with van der Waals surface area (Å²) in [5.74, 6) is 0.501. The molecule has 0 bridgehead atoms. The molecule has 0 unspecified atom stereocenters. The van der Waals surface area contributed by atoms with Gasteiger partial charge in [-0.15, -0.1) is 0 Å². The number of nitrogens with zero attached hydrogens (tertiary/aromatic N) is 2. The molecule has 7 heteroatoms. The average molecular weight is 274 g/mol. The summed E-state index contributed by atoms with van der Waals surface area (Å²) in [7, 11) is 0. The number of aromatic nitrogens is 2. The highest BCUT2D eigenvalue weighted by molar-refractivity contribution is 7.80. The molecule has 2 aromatic rings. The molecular weight excluding hydrogens is 260 g/mol. The van der Waals surface area contributed by atoms with Gasteiger partial charge in [-0.05, 0) is 31.3 Å². The van der Waals surface area contributed by atoms with Gasteiger partial charge in [-0.3, -0.25) is 0 Å². The standard InChI is InChI=1S/C12H14N6S/c1-7-2-4-8(5-3-7)17-12(19)18-9-10(13)15-6-16-11(9)14/h2-6H,1H3,(H2,17,18,19)(H4,13,14,15,16). The summed E-state index contributed by atoms with van der Waals surface area (Å²) in [6.45, 7) is 2.02. The minimum absolute atomic E-state index is 0.251. The van der Waals surface area contributed by atoms with Crippen LogP contribution in [0.2, 0.25) is 0 Å². The summed E-state index contributed by atoms with van der Waals surface area (Å²) in [6, 6.07) is 7.83. The molecule has 1 aromatic heterocycles. The van der Waals surface area contributed by atoms with Gasteiger partial charge in [-0.1, -0.05) is 17.7 Å². The van der Waals surface area contributed by atoms with E-state index in [0.717, 1.165) is 5.69 Å². The number of anilines is 4. The van der Waals surface area contributed by atoms with E-state index in [2.05, 4.69) is 20.6 Å². The maximum atomic E-state index is 5.70. The Balaban J connectivity index is 2.07. The second-order valence-electron chi connectivity index (χ2n) is 3.96. The van der Waals surface area contributed by atoms with E-state index in [-0.39, 0.29) is 11.6 Å². The maximum Gasteiger partial charge on any atom is 0.175 e. The van der Waals surface area contributed by atoms with Gasteiger partial charge in [0.1, 0.15) is 12.0 Å². The van der Waals surface area contributed by atoms with Gasteiger partial charge in [0.2, 0.25) is 0 Å². The summed E-state index contributed by atoms with van der Waals surface area (Å²) in [6.07, 6.45) is 1.30. The molecule has 98 valence electrons. The molecule has 0 aliphatic carbocycles. The van der Waals surface area contributed by atoms with Crippen molar-refractivity contribution in [2.75, 3.05) is 22.1 Å². The molecule has 0 aliphatic rings. The Morgan fingerprint density at radius 1 is 1.05 bits per heavy atom. The molecule has 0 aliphatic heterocycles. The van der Waals surface area contributed by atoms with Crippen molar-refractivity contribution in [2.24, 2.45) is 0 Å². The largest absolute Gasteiger partial charge is 0.382 e. The minimum atomic E-state index is 0.251. The predicted octanol–water partition coefficient (Wildman–Crippen LogP) is 1.76. The van der Waals surface area contributed by atoms with E-state index in [4.69, 9.17) is 23.7 Å². The van der Waals surface area contributed by atoms with Crippen LogP contribution in [0.1, 0.15) is 5.56 Å². The van der Waals surface area contributed by atoms with Gasteiger partial charge in [-0.2, -0.15) is 0 Å². The van der Waals surface area contributed by atoms with Gasteiger partial charge >= 0.3 is 0 Å². The SMILES string of the molecule is Cc1ccc(NC(=S)Nc2c(N)ncnc2N)cc1. The van der Waals surface area contributed by atoms with E-state index in [9.17, 15) is 0 Å². The first-order valence-corrected chi connectivity index (χ1v) is 5.97. The molecule has 0 saturated carbocycles. The Morgan fingerprint density at radius 3 is 2.21 bits per heavy atom. The molecule has 19 heavy (non-hydrogen) atoms. The van der Waals surface area contributed by atoms with Gasteiger partial charge in [0.25, 0.3) is 0 Å². The first-order chi connectivity index (χ1) is 9.06. The monoisotopic (exact) mass is 274 g/mol. The molecule has 6 N–H and O–H groups in total. The third kappa shape index (κ3) is 3.29. The molecule has 1 aromatic carbocycles. The zero-order chi connectivity index (χ0) is 13.8. The van der Waals surface area contributed by atoms with Crippen molar-refractivity contribution < 1.29 is 0 Å². The van der Waals surface area contributed by atoms with Crippen LogP contribution in [0.3, 0.4) is 0 Å². The smallest absolute Gasteiger partial charge is 0.175 e. The van der Waals surface area contributed by atoms with Crippen molar-refractivity contribution in [1.82, 2.24) is 9.97 Å². The number of hydrogen-bond donors (Lipinski definition) is 4. The lowest BCUT2D eigenvalue weighted by Gasteiger charge is -2.12. The molecular formula is C12H14N6S. The minimum Gasteiger partial charge on any atom is -0.382 e. The van der Waals surface area contributed by atoms with Crippen LogP contribution >= 0.6 is 12.2 Å². The van der Waals surface area contributed by atoms with E-state index < -0.39 is 0 Å². The van der Waals surface area contributed by atoms with E-state index in [1.807, 2.05) is 31.2 Å². The Bertz CT molecular complexity index is 575. The van der Waals surface area contributed by atoms with Gasteiger partial charge in [0.15, 0.2) is 16.7 Å². The van der Waals surface area contributed by atoms with Crippen LogP contribution in [-0.2, 0) is 0 Å². The summed E-state index contributed by atoms with van der Waals surface area (Å²) in [5, 5.41) is 6.28. The van der Waals surface area contributed by atoms with Gasteiger partial charge < -0.3 is 22.1 Å². The molecule has 0 amide bonds. The number of benzene rings is 1. The Morgan fingerprint density at radius 2 is 1.63 bits per heavy atom. The van der Waals surface area contributed by atoms with Crippen molar-refractivity contribution in [2.45, 2.75) is 6.92 Å². The highest BCUT2D eigenvalue weighted by Gasteiger charge is 2.08. The van der Waals surface area contributed by atoms with Crippen molar-refractivity contribution in [3.8, 4) is 0 Å². The topological polar surface area (TPSA) is 102 Å². The van der Waals surface area contributed by atoms with Crippen LogP contribution in [0, 0.1) is 6.92 Å². The van der Waals surface area contributed by atoms with Crippen molar-refractivity contribution in [3.63, 3.8) is 0 Å². The number of aryl methyl sites for hydroxylation is 1. The van der Waals surface area contributed by atoms with Crippen molar-refractivity contribution in [1.29, 1.82) is 0 Å². The molecule has 1 heterocycles. The molecule has 0 spiro atoms. The quantitative estimate of drug-likeness (QED) is 0.619. The zero-order valence-electron chi connectivity index (χ0n) is 10.3. The van der Waals surface area contributed by atoms with Gasteiger partial charge in [0, 0.05) is 5.69 Å². The van der Waals surface area contributed by atoms with Crippen molar-refractivity contribution in [3.05, 3.63) is 36.2 Å². The molecule has 0 fully saturated rings. The number of nitrogens with one attached hydrogen (secondary N) is 2. The zero-order valence-corrected chi connectivity index (χ0v) is 11.2. The lowest BCUT2D eigenvalue weighted by atomic mass is 10.2. The third-order valence-electron chi connectivity index (χ3n) is 2.45. The van der Waals surface area contributed by atoms with E-state index in [1.165, 1.54) is 11.9 Å². The predicted molar refractivity (Wildman–Crippen MR) is 81.9 cm³/mol. The van der Waals surface area contributed by atoms with Crippen LogP contribution in [0.25, 0.3) is 0 Å². The fourth-order valence-corrected chi connectivity index (χ4v) is 1.67. The average Bonchev–Trinajstić information content (AvgIpc) is 2.37. The lowest BCUT2D eigenvalue weighted by molar-refractivity contribution is 1.19. The Labute approximate surface area is 116 Å². The number of hydrogen-bond acceptors (Lipinski definition) is 5. The number of rotatable bonds is 2. The normalized spacial score (nSPS) is 9.95.